The quantitative estimate of drug-likeness (QED) is 0.600. The third-order valence-electron chi connectivity index (χ3n) is 3.24. The van der Waals surface area contributed by atoms with Gasteiger partial charge in [0.1, 0.15) is 0 Å². The summed E-state index contributed by atoms with van der Waals surface area (Å²) >= 11 is 1.65. The summed E-state index contributed by atoms with van der Waals surface area (Å²) in [6.45, 7) is 6.07. The molecule has 2 aromatic rings. The Morgan fingerprint density at radius 2 is 1.63 bits per heavy atom. The van der Waals surface area contributed by atoms with Gasteiger partial charge in [0.2, 0.25) is 0 Å². The van der Waals surface area contributed by atoms with Crippen molar-refractivity contribution < 1.29 is 4.79 Å². The zero-order valence-corrected chi connectivity index (χ0v) is 12.6. The van der Waals surface area contributed by atoms with Gasteiger partial charge in [-0.05, 0) is 50.3 Å². The number of rotatable bonds is 3. The van der Waals surface area contributed by atoms with Crippen molar-refractivity contribution >= 4 is 17.5 Å². The molecule has 0 saturated carbocycles. The SMILES string of the molecule is CSc1cccc(C(=O)c2c(C)cc(C)cc2C)c1. The maximum atomic E-state index is 12.7. The van der Waals surface area contributed by atoms with Crippen LogP contribution in [0.25, 0.3) is 0 Å². The minimum atomic E-state index is 0.117. The number of hydrogen-bond acceptors (Lipinski definition) is 2. The average Bonchev–Trinajstić information content (AvgIpc) is 2.37. The van der Waals surface area contributed by atoms with Crippen molar-refractivity contribution in [1.29, 1.82) is 0 Å². The summed E-state index contributed by atoms with van der Waals surface area (Å²) in [5, 5.41) is 0. The lowest BCUT2D eigenvalue weighted by Crippen LogP contribution is -2.06. The first-order chi connectivity index (χ1) is 9.02. The highest BCUT2D eigenvalue weighted by Gasteiger charge is 2.15. The third kappa shape index (κ3) is 2.90. The highest BCUT2D eigenvalue weighted by atomic mass is 32.2. The molecule has 0 aliphatic rings. The van der Waals surface area contributed by atoms with Gasteiger partial charge < -0.3 is 0 Å². The number of ketones is 1. The Hall–Kier alpha value is -1.54. The molecule has 2 heteroatoms. The number of benzene rings is 2. The fraction of sp³-hybridized carbons (Fsp3) is 0.235. The summed E-state index contributed by atoms with van der Waals surface area (Å²) in [5.41, 5.74) is 4.91. The van der Waals surface area contributed by atoms with E-state index in [9.17, 15) is 4.79 Å². The fourth-order valence-corrected chi connectivity index (χ4v) is 2.91. The first-order valence-electron chi connectivity index (χ1n) is 6.29. The van der Waals surface area contributed by atoms with E-state index in [1.54, 1.807) is 11.8 Å². The monoisotopic (exact) mass is 270 g/mol. The number of carbonyl (C=O) groups excluding carboxylic acids is 1. The summed E-state index contributed by atoms with van der Waals surface area (Å²) in [4.78, 5) is 13.8. The molecular weight excluding hydrogens is 252 g/mol. The van der Waals surface area contributed by atoms with Crippen molar-refractivity contribution in [2.45, 2.75) is 25.7 Å². The molecule has 0 N–H and O–H groups in total. The molecule has 0 amide bonds. The minimum Gasteiger partial charge on any atom is -0.289 e. The molecule has 2 aromatic carbocycles. The van der Waals surface area contributed by atoms with E-state index in [0.717, 1.165) is 27.1 Å². The molecule has 0 heterocycles. The Labute approximate surface area is 119 Å². The Morgan fingerprint density at radius 1 is 1.00 bits per heavy atom. The van der Waals surface area contributed by atoms with Gasteiger partial charge in [-0.1, -0.05) is 29.8 Å². The van der Waals surface area contributed by atoms with Crippen LogP contribution in [0.2, 0.25) is 0 Å². The van der Waals surface area contributed by atoms with Crippen molar-refractivity contribution in [3.05, 3.63) is 64.2 Å². The summed E-state index contributed by atoms with van der Waals surface area (Å²) < 4.78 is 0. The first kappa shape index (κ1) is 13.9. The Bertz CT molecular complexity index is 606. The van der Waals surface area contributed by atoms with Crippen LogP contribution < -0.4 is 0 Å². The van der Waals surface area contributed by atoms with E-state index < -0.39 is 0 Å². The maximum absolute atomic E-state index is 12.7. The largest absolute Gasteiger partial charge is 0.289 e. The summed E-state index contributed by atoms with van der Waals surface area (Å²) in [6.07, 6.45) is 2.02. The van der Waals surface area contributed by atoms with Crippen LogP contribution in [-0.4, -0.2) is 12.0 Å². The number of carbonyl (C=O) groups is 1. The fourth-order valence-electron chi connectivity index (χ4n) is 2.45. The van der Waals surface area contributed by atoms with Crippen molar-refractivity contribution in [3.8, 4) is 0 Å². The van der Waals surface area contributed by atoms with Crippen LogP contribution in [0.1, 0.15) is 32.6 Å². The predicted molar refractivity (Wildman–Crippen MR) is 82.3 cm³/mol. The van der Waals surface area contributed by atoms with E-state index in [1.165, 1.54) is 5.56 Å². The molecule has 19 heavy (non-hydrogen) atoms. The van der Waals surface area contributed by atoms with Gasteiger partial charge in [-0.25, -0.2) is 0 Å². The normalized spacial score (nSPS) is 10.5. The van der Waals surface area contributed by atoms with Crippen molar-refractivity contribution in [2.75, 3.05) is 6.26 Å². The minimum absolute atomic E-state index is 0.117. The maximum Gasteiger partial charge on any atom is 0.193 e. The molecule has 0 fully saturated rings. The highest BCUT2D eigenvalue weighted by Crippen LogP contribution is 2.22. The Balaban J connectivity index is 2.50. The number of thioether (sulfide) groups is 1. The zero-order valence-electron chi connectivity index (χ0n) is 11.8. The lowest BCUT2D eigenvalue weighted by atomic mass is 9.93. The van der Waals surface area contributed by atoms with E-state index in [-0.39, 0.29) is 5.78 Å². The summed E-state index contributed by atoms with van der Waals surface area (Å²) in [7, 11) is 0. The summed E-state index contributed by atoms with van der Waals surface area (Å²) in [6, 6.07) is 12.0. The van der Waals surface area contributed by atoms with Crippen LogP contribution in [0.4, 0.5) is 0 Å². The van der Waals surface area contributed by atoms with E-state index in [1.807, 2.05) is 44.4 Å². The van der Waals surface area contributed by atoms with Crippen LogP contribution in [0, 0.1) is 20.8 Å². The van der Waals surface area contributed by atoms with Gasteiger partial charge in [0.25, 0.3) is 0 Å². The van der Waals surface area contributed by atoms with Gasteiger partial charge in [-0.2, -0.15) is 0 Å². The lowest BCUT2D eigenvalue weighted by molar-refractivity contribution is 0.103. The molecule has 0 bridgehead atoms. The van der Waals surface area contributed by atoms with Crippen LogP contribution >= 0.6 is 11.8 Å². The molecule has 0 saturated heterocycles. The molecule has 98 valence electrons. The van der Waals surface area contributed by atoms with E-state index in [2.05, 4.69) is 19.1 Å². The Morgan fingerprint density at radius 3 is 2.21 bits per heavy atom. The standard InChI is InChI=1S/C17H18OS/c1-11-8-12(2)16(13(3)9-11)17(18)14-6-5-7-15(10-14)19-4/h5-10H,1-4H3. The molecule has 0 atom stereocenters. The van der Waals surface area contributed by atoms with Gasteiger partial charge in [0.15, 0.2) is 5.78 Å². The molecular formula is C17H18OS. The average molecular weight is 270 g/mol. The molecule has 0 aliphatic heterocycles. The first-order valence-corrected chi connectivity index (χ1v) is 7.52. The second-order valence-electron chi connectivity index (χ2n) is 4.83. The van der Waals surface area contributed by atoms with E-state index in [0.29, 0.717) is 0 Å². The van der Waals surface area contributed by atoms with Gasteiger partial charge >= 0.3 is 0 Å². The van der Waals surface area contributed by atoms with Crippen LogP contribution in [0.3, 0.4) is 0 Å². The molecule has 1 nitrogen and oxygen atoms in total. The zero-order chi connectivity index (χ0) is 14.0. The summed E-state index contributed by atoms with van der Waals surface area (Å²) in [5.74, 6) is 0.117. The smallest absolute Gasteiger partial charge is 0.193 e. The molecule has 0 aliphatic carbocycles. The lowest BCUT2D eigenvalue weighted by Gasteiger charge is -2.11. The third-order valence-corrected chi connectivity index (χ3v) is 3.96. The van der Waals surface area contributed by atoms with Gasteiger partial charge in [-0.15, -0.1) is 11.8 Å². The van der Waals surface area contributed by atoms with Crippen LogP contribution in [0.15, 0.2) is 41.3 Å². The van der Waals surface area contributed by atoms with Crippen molar-refractivity contribution in [3.63, 3.8) is 0 Å². The second-order valence-corrected chi connectivity index (χ2v) is 5.71. The molecule has 0 spiro atoms. The molecule has 2 rings (SSSR count). The van der Waals surface area contributed by atoms with Gasteiger partial charge in [0, 0.05) is 16.0 Å². The molecule has 0 unspecified atom stereocenters. The van der Waals surface area contributed by atoms with Crippen LogP contribution in [-0.2, 0) is 0 Å². The molecule has 0 aromatic heterocycles. The van der Waals surface area contributed by atoms with Crippen LogP contribution in [0.5, 0.6) is 0 Å². The van der Waals surface area contributed by atoms with E-state index >= 15 is 0 Å². The second kappa shape index (κ2) is 5.62. The predicted octanol–water partition coefficient (Wildman–Crippen LogP) is 4.56. The highest BCUT2D eigenvalue weighted by molar-refractivity contribution is 7.98. The van der Waals surface area contributed by atoms with Gasteiger partial charge in [-0.3, -0.25) is 4.79 Å². The van der Waals surface area contributed by atoms with E-state index in [4.69, 9.17) is 0 Å². The number of aryl methyl sites for hydroxylation is 3. The topological polar surface area (TPSA) is 17.1 Å². The van der Waals surface area contributed by atoms with Crippen molar-refractivity contribution in [1.82, 2.24) is 0 Å². The van der Waals surface area contributed by atoms with Crippen molar-refractivity contribution in [2.24, 2.45) is 0 Å². The molecule has 0 radical (unpaired) electrons. The number of hydrogen-bond donors (Lipinski definition) is 0. The van der Waals surface area contributed by atoms with Gasteiger partial charge in [0.05, 0.1) is 0 Å². The Kier molecular flexibility index (Phi) is 4.11.